The first-order chi connectivity index (χ1) is 14.6. The first-order valence-electron chi connectivity index (χ1n) is 10.6. The van der Waals surface area contributed by atoms with Crippen molar-refractivity contribution in [3.8, 4) is 21.4 Å². The van der Waals surface area contributed by atoms with Crippen LogP contribution in [-0.2, 0) is 10.8 Å². The van der Waals surface area contributed by atoms with Gasteiger partial charge in [0, 0.05) is 5.39 Å². The van der Waals surface area contributed by atoms with E-state index in [1.807, 2.05) is 6.07 Å². The summed E-state index contributed by atoms with van der Waals surface area (Å²) in [7, 11) is 0. The van der Waals surface area contributed by atoms with Crippen LogP contribution >= 0.6 is 11.3 Å². The van der Waals surface area contributed by atoms with Crippen molar-refractivity contribution < 1.29 is 8.83 Å². The molecule has 3 nitrogen and oxygen atoms in total. The van der Waals surface area contributed by atoms with E-state index < -0.39 is 0 Å². The summed E-state index contributed by atoms with van der Waals surface area (Å²) < 4.78 is 12.2. The molecule has 0 fully saturated rings. The Morgan fingerprint density at radius 3 is 2.03 bits per heavy atom. The zero-order valence-electron chi connectivity index (χ0n) is 18.9. The standard InChI is InChI=1S/C27H27NO2S/c1-26(2,3)17-7-9-20-16(13-17)14-22(29-20)23-11-12-24(31-23)25-28-19-15-18(27(4,5)6)8-10-21(19)30-25/h7-15H,1-6H3. The van der Waals surface area contributed by atoms with E-state index in [0.29, 0.717) is 5.89 Å². The number of fused-ring (bicyclic) bond motifs is 2. The molecule has 0 radical (unpaired) electrons. The van der Waals surface area contributed by atoms with Crippen molar-refractivity contribution in [3.63, 3.8) is 0 Å². The zero-order valence-corrected chi connectivity index (χ0v) is 19.7. The second-order valence-corrected chi connectivity index (χ2v) is 11.3. The van der Waals surface area contributed by atoms with Crippen molar-refractivity contribution in [1.82, 2.24) is 4.98 Å². The van der Waals surface area contributed by atoms with Crippen molar-refractivity contribution >= 4 is 33.4 Å². The van der Waals surface area contributed by atoms with Crippen LogP contribution in [0.4, 0.5) is 0 Å². The van der Waals surface area contributed by atoms with Gasteiger partial charge in [0.25, 0.3) is 0 Å². The maximum Gasteiger partial charge on any atom is 0.237 e. The molecule has 2 aromatic carbocycles. The molecule has 5 rings (SSSR count). The fraction of sp³-hybridized carbons (Fsp3) is 0.296. The van der Waals surface area contributed by atoms with E-state index >= 15 is 0 Å². The summed E-state index contributed by atoms with van der Waals surface area (Å²) in [5.41, 5.74) is 5.38. The average Bonchev–Trinajstić information content (AvgIpc) is 3.41. The molecule has 158 valence electrons. The molecule has 0 atom stereocenters. The summed E-state index contributed by atoms with van der Waals surface area (Å²) in [5, 5.41) is 1.13. The summed E-state index contributed by atoms with van der Waals surface area (Å²) in [4.78, 5) is 6.83. The van der Waals surface area contributed by atoms with Gasteiger partial charge in [-0.15, -0.1) is 11.3 Å². The number of thiophene rings is 1. The van der Waals surface area contributed by atoms with Crippen molar-refractivity contribution in [3.05, 3.63) is 65.7 Å². The second-order valence-electron chi connectivity index (χ2n) is 10.2. The number of hydrogen-bond donors (Lipinski definition) is 0. The second kappa shape index (κ2) is 6.83. The molecule has 0 amide bonds. The summed E-state index contributed by atoms with van der Waals surface area (Å²) in [6.07, 6.45) is 0. The summed E-state index contributed by atoms with van der Waals surface area (Å²) in [6, 6.07) is 19.0. The predicted octanol–water partition coefficient (Wildman–Crippen LogP) is 8.56. The number of benzene rings is 2. The molecule has 0 aliphatic rings. The van der Waals surface area contributed by atoms with E-state index in [9.17, 15) is 0 Å². The largest absolute Gasteiger partial charge is 0.455 e. The number of furan rings is 1. The van der Waals surface area contributed by atoms with E-state index in [0.717, 1.165) is 37.6 Å². The maximum absolute atomic E-state index is 6.14. The Bertz CT molecular complexity index is 1300. The topological polar surface area (TPSA) is 39.2 Å². The Balaban J connectivity index is 1.50. The molecular weight excluding hydrogens is 402 g/mol. The number of aromatic nitrogens is 1. The molecule has 0 saturated heterocycles. The minimum atomic E-state index is 0.0809. The Hall–Kier alpha value is -2.85. The van der Waals surface area contributed by atoms with Gasteiger partial charge in [0.05, 0.1) is 9.75 Å². The smallest absolute Gasteiger partial charge is 0.237 e. The zero-order chi connectivity index (χ0) is 22.0. The highest BCUT2D eigenvalue weighted by molar-refractivity contribution is 7.18. The van der Waals surface area contributed by atoms with Crippen molar-refractivity contribution in [2.45, 2.75) is 52.4 Å². The minimum absolute atomic E-state index is 0.0809. The molecule has 3 heterocycles. The van der Waals surface area contributed by atoms with Crippen LogP contribution in [-0.4, -0.2) is 4.98 Å². The number of hydrogen-bond acceptors (Lipinski definition) is 4. The normalized spacial score (nSPS) is 12.8. The summed E-state index contributed by atoms with van der Waals surface area (Å²) in [6.45, 7) is 13.3. The molecule has 0 unspecified atom stereocenters. The van der Waals surface area contributed by atoms with E-state index in [1.54, 1.807) is 11.3 Å². The Labute approximate surface area is 186 Å². The Kier molecular flexibility index (Phi) is 4.42. The van der Waals surface area contributed by atoms with Crippen LogP contribution in [0.25, 0.3) is 43.5 Å². The quantitative estimate of drug-likeness (QED) is 0.282. The van der Waals surface area contributed by atoms with Crippen LogP contribution in [0.15, 0.2) is 63.4 Å². The third-order valence-corrected chi connectivity index (χ3v) is 6.78. The first kappa shape index (κ1) is 20.1. The molecular formula is C27H27NO2S. The molecule has 3 aromatic heterocycles. The molecule has 0 saturated carbocycles. The summed E-state index contributed by atoms with van der Waals surface area (Å²) >= 11 is 1.64. The van der Waals surface area contributed by atoms with Crippen LogP contribution < -0.4 is 0 Å². The molecule has 0 N–H and O–H groups in total. The van der Waals surface area contributed by atoms with Gasteiger partial charge >= 0.3 is 0 Å². The lowest BCUT2D eigenvalue weighted by atomic mass is 9.86. The molecule has 4 heteroatoms. The first-order valence-corrected chi connectivity index (χ1v) is 11.5. The third-order valence-electron chi connectivity index (χ3n) is 5.70. The van der Waals surface area contributed by atoms with E-state index in [2.05, 4.69) is 90.1 Å². The molecule has 31 heavy (non-hydrogen) atoms. The molecule has 0 aliphatic carbocycles. The fourth-order valence-electron chi connectivity index (χ4n) is 3.72. The van der Waals surface area contributed by atoms with E-state index in [1.165, 1.54) is 11.1 Å². The van der Waals surface area contributed by atoms with Gasteiger partial charge in [-0.05, 0) is 64.4 Å². The van der Waals surface area contributed by atoms with Gasteiger partial charge in [0.15, 0.2) is 5.58 Å². The lowest BCUT2D eigenvalue weighted by molar-refractivity contribution is 0.589. The minimum Gasteiger partial charge on any atom is -0.455 e. The van der Waals surface area contributed by atoms with Gasteiger partial charge in [0.1, 0.15) is 16.9 Å². The van der Waals surface area contributed by atoms with Gasteiger partial charge in [-0.25, -0.2) is 4.98 Å². The lowest BCUT2D eigenvalue weighted by Gasteiger charge is -2.18. The van der Waals surface area contributed by atoms with Crippen molar-refractivity contribution in [2.24, 2.45) is 0 Å². The number of oxazole rings is 1. The summed E-state index contributed by atoms with van der Waals surface area (Å²) in [5.74, 6) is 1.53. The van der Waals surface area contributed by atoms with Crippen molar-refractivity contribution in [1.29, 1.82) is 0 Å². The molecule has 0 spiro atoms. The molecule has 0 aliphatic heterocycles. The predicted molar refractivity (Wildman–Crippen MR) is 130 cm³/mol. The average molecular weight is 430 g/mol. The fourth-order valence-corrected chi connectivity index (χ4v) is 4.60. The lowest BCUT2D eigenvalue weighted by Crippen LogP contribution is -2.10. The highest BCUT2D eigenvalue weighted by Gasteiger charge is 2.19. The van der Waals surface area contributed by atoms with Gasteiger partial charge in [-0.3, -0.25) is 0 Å². The Morgan fingerprint density at radius 2 is 1.32 bits per heavy atom. The van der Waals surface area contributed by atoms with E-state index in [-0.39, 0.29) is 10.8 Å². The van der Waals surface area contributed by atoms with Crippen LogP contribution in [0.1, 0.15) is 52.7 Å². The van der Waals surface area contributed by atoms with Crippen LogP contribution in [0.3, 0.4) is 0 Å². The Morgan fingerprint density at radius 1 is 0.677 bits per heavy atom. The van der Waals surface area contributed by atoms with Crippen molar-refractivity contribution in [2.75, 3.05) is 0 Å². The van der Waals surface area contributed by atoms with Gasteiger partial charge in [0.2, 0.25) is 5.89 Å². The monoisotopic (exact) mass is 429 g/mol. The van der Waals surface area contributed by atoms with Crippen LogP contribution in [0.5, 0.6) is 0 Å². The van der Waals surface area contributed by atoms with Gasteiger partial charge in [-0.1, -0.05) is 53.7 Å². The number of nitrogens with zero attached hydrogens (tertiary/aromatic N) is 1. The maximum atomic E-state index is 6.14. The van der Waals surface area contributed by atoms with Gasteiger partial charge in [-0.2, -0.15) is 0 Å². The van der Waals surface area contributed by atoms with E-state index in [4.69, 9.17) is 13.8 Å². The molecule has 5 aromatic rings. The third kappa shape index (κ3) is 3.70. The van der Waals surface area contributed by atoms with Gasteiger partial charge < -0.3 is 8.83 Å². The van der Waals surface area contributed by atoms with Crippen LogP contribution in [0.2, 0.25) is 0 Å². The highest BCUT2D eigenvalue weighted by atomic mass is 32.1. The SMILES string of the molecule is CC(C)(C)c1ccc2oc(-c3ccc(-c4nc5cc(C(C)(C)C)ccc5o4)s3)cc2c1. The molecule has 0 bridgehead atoms. The number of rotatable bonds is 2. The highest BCUT2D eigenvalue weighted by Crippen LogP contribution is 2.39. The van der Waals surface area contributed by atoms with Crippen LogP contribution in [0, 0.1) is 0 Å².